The van der Waals surface area contributed by atoms with Gasteiger partial charge in [0.05, 0.1) is 0 Å². The monoisotopic (exact) mass is 241 g/mol. The molecule has 0 saturated heterocycles. The summed E-state index contributed by atoms with van der Waals surface area (Å²) in [6, 6.07) is 0. The van der Waals surface area contributed by atoms with Gasteiger partial charge in [-0.05, 0) is 45.3 Å². The molecule has 0 saturated carbocycles. The van der Waals surface area contributed by atoms with Crippen molar-refractivity contribution >= 4 is 0 Å². The Labute approximate surface area is 113 Å². The predicted octanol–water partition coefficient (Wildman–Crippen LogP) is 5.74. The molecule has 0 aliphatic rings. The fraction of sp³-hybridized carbons (Fsp3) is 0.278. The number of hydrogen-bond donors (Lipinski definition) is 0. The molecule has 0 spiro atoms. The standard InChI is InChI=1S/C18H25/c1-8-17(6)18(7)13-16(5)12-15(4)11-9-10-14(2)3/h8-10,12-13H,1-2,4,11H2,3,5-7H3/b10-9-,16-13+,18-17-. The molecule has 0 unspecified atom stereocenters. The predicted molar refractivity (Wildman–Crippen MR) is 84.3 cm³/mol. The van der Waals surface area contributed by atoms with Crippen LogP contribution in [0.5, 0.6) is 0 Å². The van der Waals surface area contributed by atoms with Gasteiger partial charge in [-0.15, -0.1) is 0 Å². The van der Waals surface area contributed by atoms with Gasteiger partial charge in [0.25, 0.3) is 0 Å². The highest BCUT2D eigenvalue weighted by Crippen LogP contribution is 2.15. The summed E-state index contributed by atoms with van der Waals surface area (Å²) in [4.78, 5) is 0. The first-order chi connectivity index (χ1) is 8.36. The van der Waals surface area contributed by atoms with Crippen molar-refractivity contribution in [2.75, 3.05) is 0 Å². The minimum Gasteiger partial charge on any atom is -0.0989 e. The maximum absolute atomic E-state index is 4.05. The summed E-state index contributed by atoms with van der Waals surface area (Å²) in [5, 5.41) is 0. The molecular formula is C18H25. The van der Waals surface area contributed by atoms with Gasteiger partial charge in [0.15, 0.2) is 0 Å². The molecule has 0 N–H and O–H groups in total. The van der Waals surface area contributed by atoms with Gasteiger partial charge in [0.2, 0.25) is 0 Å². The normalized spacial score (nSPS) is 13.4. The fourth-order valence-corrected chi connectivity index (χ4v) is 1.45. The van der Waals surface area contributed by atoms with E-state index in [-0.39, 0.29) is 0 Å². The summed E-state index contributed by atoms with van der Waals surface area (Å²) in [5.41, 5.74) is 5.82. The van der Waals surface area contributed by atoms with Crippen molar-refractivity contribution in [3.8, 4) is 0 Å². The maximum atomic E-state index is 4.05. The molecule has 0 aliphatic heterocycles. The van der Waals surface area contributed by atoms with Crippen molar-refractivity contribution in [3.63, 3.8) is 0 Å². The molecule has 0 amide bonds. The molecule has 0 aromatic heterocycles. The van der Waals surface area contributed by atoms with E-state index >= 15 is 0 Å². The van der Waals surface area contributed by atoms with Crippen LogP contribution in [-0.4, -0.2) is 0 Å². The smallest absolute Gasteiger partial charge is 0.0111 e. The van der Waals surface area contributed by atoms with E-state index in [1.165, 1.54) is 16.7 Å². The molecular weight excluding hydrogens is 216 g/mol. The van der Waals surface area contributed by atoms with E-state index in [1.807, 2.05) is 19.1 Å². The lowest BCUT2D eigenvalue weighted by Gasteiger charge is -2.04. The van der Waals surface area contributed by atoms with Gasteiger partial charge in [-0.3, -0.25) is 0 Å². The van der Waals surface area contributed by atoms with Crippen LogP contribution in [-0.2, 0) is 0 Å². The molecule has 0 atom stereocenters. The van der Waals surface area contributed by atoms with Gasteiger partial charge in [-0.2, -0.15) is 0 Å². The zero-order valence-corrected chi connectivity index (χ0v) is 12.2. The molecule has 0 rings (SSSR count). The van der Waals surface area contributed by atoms with Crippen LogP contribution in [0, 0.1) is 6.42 Å². The highest BCUT2D eigenvalue weighted by atomic mass is 14.0. The average Bonchev–Trinajstić information content (AvgIpc) is 2.26. The van der Waals surface area contributed by atoms with Crippen LogP contribution in [0.15, 0.2) is 71.9 Å². The molecule has 0 fully saturated rings. The Morgan fingerprint density at radius 1 is 1.00 bits per heavy atom. The summed E-state index contributed by atoms with van der Waals surface area (Å²) in [6.07, 6.45) is 11.1. The Bertz CT molecular complexity index is 411. The van der Waals surface area contributed by atoms with E-state index in [2.05, 4.69) is 59.1 Å². The quantitative estimate of drug-likeness (QED) is 0.499. The zero-order chi connectivity index (χ0) is 14.1. The maximum Gasteiger partial charge on any atom is 0.0111 e. The second-order valence-electron chi connectivity index (χ2n) is 4.71. The Hall–Kier alpha value is -1.56. The number of hydrogen-bond acceptors (Lipinski definition) is 0. The minimum absolute atomic E-state index is 0.862. The Morgan fingerprint density at radius 3 is 2.11 bits per heavy atom. The van der Waals surface area contributed by atoms with Crippen molar-refractivity contribution in [3.05, 3.63) is 78.3 Å². The first kappa shape index (κ1) is 16.4. The fourth-order valence-electron chi connectivity index (χ4n) is 1.45. The van der Waals surface area contributed by atoms with Crippen LogP contribution >= 0.6 is 0 Å². The summed E-state index contributed by atoms with van der Waals surface area (Å²) >= 11 is 0. The van der Waals surface area contributed by atoms with E-state index in [1.54, 1.807) is 0 Å². The van der Waals surface area contributed by atoms with E-state index in [0.29, 0.717) is 0 Å². The third-order valence-electron chi connectivity index (χ3n) is 2.59. The van der Waals surface area contributed by atoms with Gasteiger partial charge < -0.3 is 0 Å². The highest BCUT2D eigenvalue weighted by molar-refractivity contribution is 5.37. The molecule has 97 valence electrons. The zero-order valence-electron chi connectivity index (χ0n) is 12.2. The van der Waals surface area contributed by atoms with Crippen LogP contribution in [0.1, 0.15) is 34.1 Å². The third-order valence-corrected chi connectivity index (χ3v) is 2.59. The number of allylic oxidation sites excluding steroid dienone is 9. The van der Waals surface area contributed by atoms with Crippen LogP contribution in [0.2, 0.25) is 0 Å². The molecule has 0 aromatic rings. The van der Waals surface area contributed by atoms with Gasteiger partial charge in [0, 0.05) is 6.42 Å². The van der Waals surface area contributed by atoms with Gasteiger partial charge >= 0.3 is 0 Å². The molecule has 0 nitrogen and oxygen atoms in total. The molecule has 0 bridgehead atoms. The molecule has 0 aliphatic carbocycles. The van der Waals surface area contributed by atoms with Crippen molar-refractivity contribution < 1.29 is 0 Å². The van der Waals surface area contributed by atoms with Gasteiger partial charge in [0.1, 0.15) is 0 Å². The Kier molecular flexibility index (Phi) is 7.78. The van der Waals surface area contributed by atoms with Crippen LogP contribution in [0.4, 0.5) is 0 Å². The van der Waals surface area contributed by atoms with Crippen molar-refractivity contribution in [2.24, 2.45) is 0 Å². The molecule has 1 radical (unpaired) electrons. The SMILES string of the molecule is C=C/C(C)=C(C)\C=C(/C)[CH]C(=C)C/C=C\C(=C)C. The van der Waals surface area contributed by atoms with Crippen LogP contribution in [0.3, 0.4) is 0 Å². The lowest BCUT2D eigenvalue weighted by Crippen LogP contribution is -1.86. The van der Waals surface area contributed by atoms with Gasteiger partial charge in [-0.25, -0.2) is 0 Å². The second-order valence-corrected chi connectivity index (χ2v) is 4.71. The average molecular weight is 241 g/mol. The second kappa shape index (κ2) is 8.52. The van der Waals surface area contributed by atoms with Crippen molar-refractivity contribution in [2.45, 2.75) is 34.1 Å². The highest BCUT2D eigenvalue weighted by Gasteiger charge is 1.97. The first-order valence-corrected chi connectivity index (χ1v) is 6.19. The first-order valence-electron chi connectivity index (χ1n) is 6.19. The summed E-state index contributed by atoms with van der Waals surface area (Å²) < 4.78 is 0. The van der Waals surface area contributed by atoms with E-state index < -0.39 is 0 Å². The third kappa shape index (κ3) is 7.67. The summed E-state index contributed by atoms with van der Waals surface area (Å²) in [6.45, 7) is 19.9. The molecule has 0 heteroatoms. The van der Waals surface area contributed by atoms with Crippen molar-refractivity contribution in [1.29, 1.82) is 0 Å². The molecule has 0 aromatic carbocycles. The van der Waals surface area contributed by atoms with E-state index in [0.717, 1.165) is 17.6 Å². The Balaban J connectivity index is 4.44. The summed E-state index contributed by atoms with van der Waals surface area (Å²) in [7, 11) is 0. The van der Waals surface area contributed by atoms with Crippen molar-refractivity contribution in [1.82, 2.24) is 0 Å². The Morgan fingerprint density at radius 2 is 1.61 bits per heavy atom. The van der Waals surface area contributed by atoms with E-state index in [4.69, 9.17) is 0 Å². The lowest BCUT2D eigenvalue weighted by molar-refractivity contribution is 1.20. The molecule has 0 heterocycles. The van der Waals surface area contributed by atoms with Crippen LogP contribution < -0.4 is 0 Å². The topological polar surface area (TPSA) is 0 Å². The van der Waals surface area contributed by atoms with E-state index in [9.17, 15) is 0 Å². The lowest BCUT2D eigenvalue weighted by atomic mass is 10.0. The number of rotatable bonds is 7. The van der Waals surface area contributed by atoms with Gasteiger partial charge in [-0.1, -0.05) is 60.8 Å². The summed E-state index contributed by atoms with van der Waals surface area (Å²) in [5.74, 6) is 0. The molecule has 18 heavy (non-hydrogen) atoms. The minimum atomic E-state index is 0.862. The largest absolute Gasteiger partial charge is 0.0989 e. The van der Waals surface area contributed by atoms with Crippen LogP contribution in [0.25, 0.3) is 0 Å².